The lowest BCUT2D eigenvalue weighted by Crippen LogP contribution is -2.31. The Kier molecular flexibility index (Phi) is 9.30. The van der Waals surface area contributed by atoms with Crippen molar-refractivity contribution in [2.24, 2.45) is 5.92 Å². The van der Waals surface area contributed by atoms with Gasteiger partial charge >= 0.3 is 12.1 Å². The van der Waals surface area contributed by atoms with Crippen molar-refractivity contribution in [3.05, 3.63) is 22.1 Å². The van der Waals surface area contributed by atoms with Gasteiger partial charge in [-0.3, -0.25) is 15.1 Å². The van der Waals surface area contributed by atoms with Crippen LogP contribution in [0.2, 0.25) is 0 Å². The molecule has 9 nitrogen and oxygen atoms in total. The minimum absolute atomic E-state index is 0.133. The van der Waals surface area contributed by atoms with Gasteiger partial charge in [0.1, 0.15) is 0 Å². The number of H-pyrrole nitrogens is 1. The van der Waals surface area contributed by atoms with Gasteiger partial charge in [-0.2, -0.15) is 0 Å². The van der Waals surface area contributed by atoms with Crippen molar-refractivity contribution in [2.45, 2.75) is 58.3 Å². The average molecular weight is 393 g/mol. The lowest BCUT2D eigenvalue weighted by atomic mass is 10.1. The molecule has 1 aliphatic carbocycles. The zero-order valence-corrected chi connectivity index (χ0v) is 16.5. The van der Waals surface area contributed by atoms with Gasteiger partial charge in [-0.1, -0.05) is 25.7 Å². The van der Waals surface area contributed by atoms with Gasteiger partial charge in [0.15, 0.2) is 0 Å². The van der Waals surface area contributed by atoms with Gasteiger partial charge in [0.05, 0.1) is 6.61 Å². The third-order valence-corrected chi connectivity index (χ3v) is 4.68. The summed E-state index contributed by atoms with van der Waals surface area (Å²) < 4.78 is 5.23. The van der Waals surface area contributed by atoms with E-state index in [0.29, 0.717) is 31.3 Å². The second-order valence-corrected chi connectivity index (χ2v) is 7.21. The second kappa shape index (κ2) is 12.0. The lowest BCUT2D eigenvalue weighted by Gasteiger charge is -2.11. The minimum atomic E-state index is -0.402. The van der Waals surface area contributed by atoms with Gasteiger partial charge in [0.25, 0.3) is 5.56 Å². The number of hydrogen-bond acceptors (Lipinski definition) is 5. The summed E-state index contributed by atoms with van der Waals surface area (Å²) in [5.74, 6) is 0.672. The number of carbonyl (C=O) groups excluding carboxylic acids is 2. The van der Waals surface area contributed by atoms with Crippen LogP contribution in [0.25, 0.3) is 0 Å². The molecule has 1 aromatic rings. The SMILES string of the molecule is Cc1cc(=O)[nH]c(NC(=O)NCCCCCCNC(=O)OCC2CCCC2)n1. The number of amides is 3. The zero-order valence-electron chi connectivity index (χ0n) is 16.5. The quantitative estimate of drug-likeness (QED) is 0.455. The Hall–Kier alpha value is -2.58. The highest BCUT2D eigenvalue weighted by atomic mass is 16.5. The highest BCUT2D eigenvalue weighted by Crippen LogP contribution is 2.24. The van der Waals surface area contributed by atoms with Gasteiger partial charge in [0, 0.05) is 24.8 Å². The van der Waals surface area contributed by atoms with Crippen LogP contribution in [-0.2, 0) is 4.74 Å². The Morgan fingerprint density at radius 3 is 2.50 bits per heavy atom. The fourth-order valence-corrected chi connectivity index (χ4v) is 3.21. The van der Waals surface area contributed by atoms with Gasteiger partial charge in [-0.15, -0.1) is 0 Å². The summed E-state index contributed by atoms with van der Waals surface area (Å²) in [7, 11) is 0. The highest BCUT2D eigenvalue weighted by Gasteiger charge is 2.16. The summed E-state index contributed by atoms with van der Waals surface area (Å²) in [5.41, 5.74) is 0.230. The van der Waals surface area contributed by atoms with Gasteiger partial charge in [-0.05, 0) is 38.5 Å². The maximum absolute atomic E-state index is 11.8. The summed E-state index contributed by atoms with van der Waals surface area (Å²) >= 11 is 0. The number of anilines is 1. The number of ether oxygens (including phenoxy) is 1. The zero-order chi connectivity index (χ0) is 20.2. The normalized spacial score (nSPS) is 13.9. The minimum Gasteiger partial charge on any atom is -0.449 e. The Bertz CT molecular complexity index is 685. The molecular weight excluding hydrogens is 362 g/mol. The molecule has 1 saturated carbocycles. The number of urea groups is 1. The predicted octanol–water partition coefficient (Wildman–Crippen LogP) is 2.68. The van der Waals surface area contributed by atoms with Crippen molar-refractivity contribution in [3.63, 3.8) is 0 Å². The van der Waals surface area contributed by atoms with E-state index in [1.807, 2.05) is 0 Å². The maximum atomic E-state index is 11.8. The topological polar surface area (TPSA) is 125 Å². The molecule has 0 atom stereocenters. The summed E-state index contributed by atoms with van der Waals surface area (Å²) in [5, 5.41) is 8.00. The first kappa shape index (κ1) is 21.7. The number of unbranched alkanes of at least 4 members (excludes halogenated alkanes) is 3. The fraction of sp³-hybridized carbons (Fsp3) is 0.684. The third kappa shape index (κ3) is 8.88. The van der Waals surface area contributed by atoms with Crippen LogP contribution in [0.5, 0.6) is 0 Å². The number of hydrogen-bond donors (Lipinski definition) is 4. The van der Waals surface area contributed by atoms with Crippen molar-refractivity contribution in [1.29, 1.82) is 0 Å². The lowest BCUT2D eigenvalue weighted by molar-refractivity contribution is 0.127. The standard InChI is InChI=1S/C19H31N5O4/c1-14-12-16(25)23-17(22-14)24-18(26)20-10-6-2-3-7-11-21-19(27)28-13-15-8-4-5-9-15/h12,15H,2-11,13H2,1H3,(H,21,27)(H3,20,22,23,24,25,26). The smallest absolute Gasteiger partial charge is 0.407 e. The molecule has 4 N–H and O–H groups in total. The van der Waals surface area contributed by atoms with E-state index < -0.39 is 6.03 Å². The van der Waals surface area contributed by atoms with E-state index in [9.17, 15) is 14.4 Å². The van der Waals surface area contributed by atoms with Gasteiger partial charge in [0.2, 0.25) is 5.95 Å². The first-order valence-corrected chi connectivity index (χ1v) is 10.1. The molecule has 0 radical (unpaired) electrons. The largest absolute Gasteiger partial charge is 0.449 e. The van der Waals surface area contributed by atoms with Crippen LogP contribution in [0.4, 0.5) is 15.5 Å². The number of carbonyl (C=O) groups is 2. The van der Waals surface area contributed by atoms with Crippen molar-refractivity contribution >= 4 is 18.1 Å². The van der Waals surface area contributed by atoms with Crippen molar-refractivity contribution < 1.29 is 14.3 Å². The molecule has 2 rings (SSSR count). The molecule has 9 heteroatoms. The van der Waals surface area contributed by atoms with Gasteiger partial charge < -0.3 is 15.4 Å². The highest BCUT2D eigenvalue weighted by molar-refractivity contribution is 5.87. The van der Waals surface area contributed by atoms with E-state index >= 15 is 0 Å². The Morgan fingerprint density at radius 1 is 1.14 bits per heavy atom. The molecule has 0 bridgehead atoms. The first-order valence-electron chi connectivity index (χ1n) is 10.1. The van der Waals surface area contributed by atoms with Crippen LogP contribution in [0.15, 0.2) is 10.9 Å². The Balaban J connectivity index is 1.43. The number of aromatic nitrogens is 2. The molecule has 156 valence electrons. The average Bonchev–Trinajstić information content (AvgIpc) is 3.15. The molecule has 3 amide bonds. The van der Waals surface area contributed by atoms with Crippen LogP contribution < -0.4 is 21.5 Å². The summed E-state index contributed by atoms with van der Waals surface area (Å²) in [6, 6.07) is 0.952. The van der Waals surface area contributed by atoms with Crippen LogP contribution >= 0.6 is 0 Å². The molecule has 1 heterocycles. The van der Waals surface area contributed by atoms with E-state index in [-0.39, 0.29) is 17.6 Å². The second-order valence-electron chi connectivity index (χ2n) is 7.21. The number of nitrogens with zero attached hydrogens (tertiary/aromatic N) is 1. The summed E-state index contributed by atoms with van der Waals surface area (Å²) in [6.45, 7) is 3.34. The molecule has 0 aromatic carbocycles. The molecule has 1 fully saturated rings. The molecule has 0 aliphatic heterocycles. The Labute approximate surface area is 165 Å². The van der Waals surface area contributed by atoms with E-state index in [2.05, 4.69) is 25.9 Å². The molecule has 1 aromatic heterocycles. The third-order valence-electron chi connectivity index (χ3n) is 4.68. The summed E-state index contributed by atoms with van der Waals surface area (Å²) in [6.07, 6.45) is 8.10. The van der Waals surface area contributed by atoms with Crippen LogP contribution in [0, 0.1) is 12.8 Å². The summed E-state index contributed by atoms with van der Waals surface area (Å²) in [4.78, 5) is 41.1. The van der Waals surface area contributed by atoms with Crippen LogP contribution in [0.3, 0.4) is 0 Å². The number of alkyl carbamates (subject to hydrolysis) is 1. The van der Waals surface area contributed by atoms with E-state index in [1.54, 1.807) is 6.92 Å². The number of rotatable bonds is 10. The monoisotopic (exact) mass is 393 g/mol. The van der Waals surface area contributed by atoms with Crippen molar-refractivity contribution in [1.82, 2.24) is 20.6 Å². The van der Waals surface area contributed by atoms with Gasteiger partial charge in [-0.25, -0.2) is 14.6 Å². The van der Waals surface area contributed by atoms with E-state index in [1.165, 1.54) is 31.7 Å². The van der Waals surface area contributed by atoms with Crippen LogP contribution in [0.1, 0.15) is 57.1 Å². The predicted molar refractivity (Wildman–Crippen MR) is 106 cm³/mol. The fourth-order valence-electron chi connectivity index (χ4n) is 3.21. The number of nitrogens with one attached hydrogen (secondary N) is 4. The first-order chi connectivity index (χ1) is 13.5. The molecule has 0 saturated heterocycles. The van der Waals surface area contributed by atoms with E-state index in [0.717, 1.165) is 25.7 Å². The maximum Gasteiger partial charge on any atom is 0.407 e. The van der Waals surface area contributed by atoms with Crippen molar-refractivity contribution in [2.75, 3.05) is 25.0 Å². The molecule has 0 spiro atoms. The number of aryl methyl sites for hydroxylation is 1. The van der Waals surface area contributed by atoms with E-state index in [4.69, 9.17) is 4.74 Å². The number of aromatic amines is 1. The van der Waals surface area contributed by atoms with Crippen LogP contribution in [-0.4, -0.2) is 41.8 Å². The molecular formula is C19H31N5O4. The molecule has 1 aliphatic rings. The molecule has 28 heavy (non-hydrogen) atoms. The van der Waals surface area contributed by atoms with Crippen molar-refractivity contribution in [3.8, 4) is 0 Å². The molecule has 0 unspecified atom stereocenters. The Morgan fingerprint density at radius 2 is 1.82 bits per heavy atom.